The number of hydrogen-bond acceptors (Lipinski definition) is 3. The molecule has 0 spiro atoms. The van der Waals surface area contributed by atoms with Gasteiger partial charge in [-0.15, -0.1) is 0 Å². The number of aromatic nitrogens is 2. The minimum atomic E-state index is 0.0225. The van der Waals surface area contributed by atoms with Crippen molar-refractivity contribution < 1.29 is 0 Å². The lowest BCUT2D eigenvalue weighted by atomic mass is 10.1. The van der Waals surface area contributed by atoms with Crippen LogP contribution in [-0.4, -0.2) is 16.3 Å². The van der Waals surface area contributed by atoms with Gasteiger partial charge in [-0.3, -0.25) is 4.79 Å². The zero-order chi connectivity index (χ0) is 9.97. The summed E-state index contributed by atoms with van der Waals surface area (Å²) >= 11 is 0. The van der Waals surface area contributed by atoms with Gasteiger partial charge in [-0.1, -0.05) is 6.92 Å². The van der Waals surface area contributed by atoms with E-state index in [9.17, 15) is 4.79 Å². The number of hydrogen-bond donors (Lipinski definition) is 1. The molecule has 0 atom stereocenters. The van der Waals surface area contributed by atoms with E-state index < -0.39 is 0 Å². The van der Waals surface area contributed by atoms with Crippen LogP contribution < -0.4 is 10.9 Å². The summed E-state index contributed by atoms with van der Waals surface area (Å²) < 4.78 is 1.57. The van der Waals surface area contributed by atoms with Crippen molar-refractivity contribution in [3.05, 3.63) is 27.7 Å². The van der Waals surface area contributed by atoms with Crippen molar-refractivity contribution in [1.82, 2.24) is 15.1 Å². The number of aryl methyl sites for hydroxylation is 1. The highest BCUT2D eigenvalue weighted by molar-refractivity contribution is 5.20. The molecule has 0 saturated carbocycles. The van der Waals surface area contributed by atoms with Crippen LogP contribution in [0.5, 0.6) is 0 Å². The maximum atomic E-state index is 11.6. The fourth-order valence-corrected chi connectivity index (χ4v) is 1.73. The van der Waals surface area contributed by atoms with Crippen molar-refractivity contribution in [2.24, 2.45) is 0 Å². The molecule has 1 aromatic rings. The molecular weight excluding hydrogens is 178 g/mol. The fourth-order valence-electron chi connectivity index (χ4n) is 1.73. The van der Waals surface area contributed by atoms with E-state index in [2.05, 4.69) is 17.3 Å². The van der Waals surface area contributed by atoms with E-state index in [-0.39, 0.29) is 5.56 Å². The van der Waals surface area contributed by atoms with Gasteiger partial charge in [0.25, 0.3) is 5.56 Å². The summed E-state index contributed by atoms with van der Waals surface area (Å²) in [4.78, 5) is 11.6. The third-order valence-corrected chi connectivity index (χ3v) is 2.45. The number of nitrogens with zero attached hydrogens (tertiary/aromatic N) is 2. The van der Waals surface area contributed by atoms with Gasteiger partial charge in [0.1, 0.15) is 0 Å². The van der Waals surface area contributed by atoms with Crippen LogP contribution in [0.1, 0.15) is 24.6 Å². The van der Waals surface area contributed by atoms with Crippen molar-refractivity contribution in [1.29, 1.82) is 0 Å². The van der Waals surface area contributed by atoms with Crippen LogP contribution in [0.25, 0.3) is 0 Å². The van der Waals surface area contributed by atoms with E-state index in [0.29, 0.717) is 0 Å². The van der Waals surface area contributed by atoms with E-state index in [1.165, 1.54) is 0 Å². The second-order valence-electron chi connectivity index (χ2n) is 3.60. The minimum absolute atomic E-state index is 0.0225. The van der Waals surface area contributed by atoms with Crippen LogP contribution in [0.4, 0.5) is 0 Å². The monoisotopic (exact) mass is 193 g/mol. The maximum absolute atomic E-state index is 11.6. The lowest BCUT2D eigenvalue weighted by molar-refractivity contribution is 0.527. The lowest BCUT2D eigenvalue weighted by Crippen LogP contribution is -2.31. The van der Waals surface area contributed by atoms with Gasteiger partial charge in [-0.05, 0) is 12.0 Å². The normalized spacial score (nSPS) is 15.2. The molecule has 14 heavy (non-hydrogen) atoms. The second kappa shape index (κ2) is 3.92. The molecule has 4 heteroatoms. The summed E-state index contributed by atoms with van der Waals surface area (Å²) in [7, 11) is 0. The van der Waals surface area contributed by atoms with Crippen LogP contribution in [-0.2, 0) is 19.5 Å². The Morgan fingerprint density at radius 2 is 2.50 bits per heavy atom. The van der Waals surface area contributed by atoms with E-state index in [1.54, 1.807) is 10.7 Å². The Balaban J connectivity index is 2.40. The zero-order valence-corrected chi connectivity index (χ0v) is 8.42. The molecule has 0 amide bonds. The predicted molar refractivity (Wildman–Crippen MR) is 54.2 cm³/mol. The summed E-state index contributed by atoms with van der Waals surface area (Å²) in [6.45, 7) is 4.52. The molecule has 0 unspecified atom stereocenters. The summed E-state index contributed by atoms with van der Waals surface area (Å²) in [5.41, 5.74) is 2.17. The Labute approximate surface area is 82.9 Å². The Bertz CT molecular complexity index is 383. The first kappa shape index (κ1) is 9.40. The van der Waals surface area contributed by atoms with Crippen molar-refractivity contribution in [3.63, 3.8) is 0 Å². The molecule has 76 valence electrons. The minimum Gasteiger partial charge on any atom is -0.312 e. The van der Waals surface area contributed by atoms with Gasteiger partial charge >= 0.3 is 0 Å². The molecule has 2 rings (SSSR count). The van der Waals surface area contributed by atoms with Crippen LogP contribution in [0.2, 0.25) is 0 Å². The highest BCUT2D eigenvalue weighted by atomic mass is 16.1. The average Bonchev–Trinajstić information content (AvgIpc) is 2.19. The molecule has 1 aromatic heterocycles. The first-order valence-electron chi connectivity index (χ1n) is 5.12. The van der Waals surface area contributed by atoms with Gasteiger partial charge < -0.3 is 5.32 Å². The molecule has 0 fully saturated rings. The summed E-state index contributed by atoms with van der Waals surface area (Å²) in [6.07, 6.45) is 1.88. The molecule has 0 aromatic carbocycles. The maximum Gasteiger partial charge on any atom is 0.267 e. The standard InChI is InChI=1S/C10H15N3O/c1-2-5-13-10(14)6-8-7-11-4-3-9(8)12-13/h6,11H,2-5,7H2,1H3. The molecule has 0 bridgehead atoms. The van der Waals surface area contributed by atoms with Crippen LogP contribution >= 0.6 is 0 Å². The molecule has 0 aliphatic carbocycles. The Morgan fingerprint density at radius 1 is 1.64 bits per heavy atom. The third kappa shape index (κ3) is 1.70. The molecule has 1 N–H and O–H groups in total. The molecule has 0 saturated heterocycles. The van der Waals surface area contributed by atoms with Crippen molar-refractivity contribution >= 4 is 0 Å². The predicted octanol–water partition coefficient (Wildman–Crippen LogP) is 0.299. The Hall–Kier alpha value is -1.16. The zero-order valence-electron chi connectivity index (χ0n) is 8.42. The molecule has 1 aliphatic heterocycles. The SMILES string of the molecule is CCCn1nc2c(cc1=O)CNCC2. The Kier molecular flexibility index (Phi) is 2.63. The van der Waals surface area contributed by atoms with Crippen molar-refractivity contribution in [3.8, 4) is 0 Å². The molecule has 4 nitrogen and oxygen atoms in total. The van der Waals surface area contributed by atoms with E-state index in [1.807, 2.05) is 0 Å². The van der Waals surface area contributed by atoms with Gasteiger partial charge in [-0.2, -0.15) is 5.10 Å². The van der Waals surface area contributed by atoms with Gasteiger partial charge in [0.2, 0.25) is 0 Å². The number of rotatable bonds is 2. The largest absolute Gasteiger partial charge is 0.312 e. The molecule has 1 aliphatic rings. The van der Waals surface area contributed by atoms with E-state index >= 15 is 0 Å². The lowest BCUT2D eigenvalue weighted by Gasteiger charge is -2.16. The number of nitrogens with one attached hydrogen (secondary N) is 1. The van der Waals surface area contributed by atoms with Crippen molar-refractivity contribution in [2.75, 3.05) is 6.54 Å². The quantitative estimate of drug-likeness (QED) is 0.734. The molecular formula is C10H15N3O. The first-order chi connectivity index (χ1) is 6.81. The third-order valence-electron chi connectivity index (χ3n) is 2.45. The number of fused-ring (bicyclic) bond motifs is 1. The highest BCUT2D eigenvalue weighted by Gasteiger charge is 2.11. The first-order valence-corrected chi connectivity index (χ1v) is 5.12. The van der Waals surface area contributed by atoms with Crippen molar-refractivity contribution in [2.45, 2.75) is 32.9 Å². The van der Waals surface area contributed by atoms with Crippen LogP contribution in [0, 0.1) is 0 Å². The van der Waals surface area contributed by atoms with Gasteiger partial charge in [0, 0.05) is 32.1 Å². The van der Waals surface area contributed by atoms with Gasteiger partial charge in [0.15, 0.2) is 0 Å². The molecule has 2 heterocycles. The van der Waals surface area contributed by atoms with E-state index in [4.69, 9.17) is 0 Å². The second-order valence-corrected chi connectivity index (χ2v) is 3.60. The summed E-state index contributed by atoms with van der Waals surface area (Å²) in [5.74, 6) is 0. The molecule has 0 radical (unpaired) electrons. The van der Waals surface area contributed by atoms with Crippen LogP contribution in [0.15, 0.2) is 10.9 Å². The van der Waals surface area contributed by atoms with E-state index in [0.717, 1.165) is 43.7 Å². The topological polar surface area (TPSA) is 46.9 Å². The summed E-state index contributed by atoms with van der Waals surface area (Å²) in [5, 5.41) is 7.60. The fraction of sp³-hybridized carbons (Fsp3) is 0.600. The van der Waals surface area contributed by atoms with Gasteiger partial charge in [-0.25, -0.2) is 4.68 Å². The van der Waals surface area contributed by atoms with Gasteiger partial charge in [0.05, 0.1) is 5.69 Å². The summed E-state index contributed by atoms with van der Waals surface area (Å²) in [6, 6.07) is 1.71. The Morgan fingerprint density at radius 3 is 3.29 bits per heavy atom. The smallest absolute Gasteiger partial charge is 0.267 e. The highest BCUT2D eigenvalue weighted by Crippen LogP contribution is 2.07. The average molecular weight is 193 g/mol. The van der Waals surface area contributed by atoms with Crippen LogP contribution in [0.3, 0.4) is 0 Å².